The molecule has 3 N–H and O–H groups in total. The van der Waals surface area contributed by atoms with Gasteiger partial charge in [-0.25, -0.2) is 9.38 Å². The van der Waals surface area contributed by atoms with Crippen LogP contribution in [0.1, 0.15) is 12.5 Å². The smallest absolute Gasteiger partial charge is 0.215 e. The van der Waals surface area contributed by atoms with Crippen LogP contribution in [0.4, 0.5) is 15.8 Å². The number of benzene rings is 1. The summed E-state index contributed by atoms with van der Waals surface area (Å²) in [5.41, 5.74) is 1.52. The molecule has 0 amide bonds. The van der Waals surface area contributed by atoms with Gasteiger partial charge < -0.3 is 15.1 Å². The number of aromatic nitrogens is 1. The first-order chi connectivity index (χ1) is 9.45. The molecule has 2 aromatic rings. The van der Waals surface area contributed by atoms with Crippen molar-refractivity contribution in [2.45, 2.75) is 13.5 Å². The number of hydrogen-bond donors (Lipinski definition) is 3. The number of H-pyrrole nitrogens is 1. The summed E-state index contributed by atoms with van der Waals surface area (Å²) in [6.07, 6.45) is 0. The molecule has 0 fully saturated rings. The zero-order valence-electron chi connectivity index (χ0n) is 10.5. The number of nitrogens with one attached hydrogen (secondary N) is 1. The summed E-state index contributed by atoms with van der Waals surface area (Å²) < 4.78 is 13.3. The topological polar surface area (TPSA) is 71.8 Å². The van der Waals surface area contributed by atoms with Gasteiger partial charge in [0, 0.05) is 17.7 Å². The van der Waals surface area contributed by atoms with Crippen LogP contribution in [0, 0.1) is 5.82 Å². The minimum Gasteiger partial charge on any atom is -0.494 e. The lowest BCUT2D eigenvalue weighted by Gasteiger charge is -2.28. The van der Waals surface area contributed by atoms with Crippen LogP contribution in [0.15, 0.2) is 23.2 Å². The number of hydrogen-bond acceptors (Lipinski definition) is 4. The van der Waals surface area contributed by atoms with Gasteiger partial charge in [0.2, 0.25) is 5.88 Å². The van der Waals surface area contributed by atoms with Crippen LogP contribution in [0.2, 0.25) is 5.02 Å². The van der Waals surface area contributed by atoms with Gasteiger partial charge in [-0.3, -0.25) is 4.98 Å². The van der Waals surface area contributed by atoms with Crippen LogP contribution in [0.3, 0.4) is 0 Å². The number of aliphatic imine (C=N–C) groups is 1. The fourth-order valence-corrected chi connectivity index (χ4v) is 2.50. The highest BCUT2D eigenvalue weighted by atomic mass is 35.5. The molecule has 20 heavy (non-hydrogen) atoms. The van der Waals surface area contributed by atoms with Crippen molar-refractivity contribution >= 4 is 28.8 Å². The summed E-state index contributed by atoms with van der Waals surface area (Å²) in [5.74, 6) is -0.200. The quantitative estimate of drug-likeness (QED) is 0.756. The molecule has 5 nitrogen and oxygen atoms in total. The molecular weight excluding hydrogens is 285 g/mol. The highest BCUT2D eigenvalue weighted by Crippen LogP contribution is 2.38. The molecular formula is C13H11ClFN3O2. The van der Waals surface area contributed by atoms with E-state index in [9.17, 15) is 14.6 Å². The molecule has 1 aliphatic heterocycles. The standard InChI is InChI=1S/C13H11ClFN3O2/c1-6-16-10-3-7(15)2-9(14)8(10)5-18(6)11-4-12(19)17-13(11)20/h2-4,17,19-20H,5H2,1H3. The minimum absolute atomic E-state index is 0.152. The van der Waals surface area contributed by atoms with E-state index in [1.807, 2.05) is 0 Å². The predicted molar refractivity (Wildman–Crippen MR) is 74.5 cm³/mol. The number of fused-ring (bicyclic) bond motifs is 1. The minimum atomic E-state index is -0.444. The molecule has 0 aliphatic carbocycles. The Labute approximate surface area is 118 Å². The molecule has 0 unspecified atom stereocenters. The summed E-state index contributed by atoms with van der Waals surface area (Å²) in [7, 11) is 0. The Hall–Kier alpha value is -2.21. The maximum atomic E-state index is 13.3. The Morgan fingerprint density at radius 1 is 1.35 bits per heavy atom. The van der Waals surface area contributed by atoms with Crippen molar-refractivity contribution < 1.29 is 14.6 Å². The van der Waals surface area contributed by atoms with Crippen molar-refractivity contribution in [3.05, 3.63) is 34.6 Å². The van der Waals surface area contributed by atoms with Crippen molar-refractivity contribution in [2.75, 3.05) is 4.90 Å². The third-order valence-electron chi connectivity index (χ3n) is 3.18. The van der Waals surface area contributed by atoms with Crippen LogP contribution in [0.5, 0.6) is 11.8 Å². The lowest BCUT2D eigenvalue weighted by atomic mass is 10.1. The van der Waals surface area contributed by atoms with Gasteiger partial charge >= 0.3 is 0 Å². The van der Waals surface area contributed by atoms with Crippen molar-refractivity contribution in [3.63, 3.8) is 0 Å². The fourth-order valence-electron chi connectivity index (χ4n) is 2.24. The van der Waals surface area contributed by atoms with Crippen LogP contribution in [-0.2, 0) is 6.54 Å². The lowest BCUT2D eigenvalue weighted by Crippen LogP contribution is -2.30. The third-order valence-corrected chi connectivity index (χ3v) is 3.52. The van der Waals surface area contributed by atoms with Crippen LogP contribution in [-0.4, -0.2) is 21.0 Å². The molecule has 2 heterocycles. The monoisotopic (exact) mass is 295 g/mol. The second kappa shape index (κ2) is 4.42. The number of aromatic hydroxyl groups is 2. The van der Waals surface area contributed by atoms with E-state index >= 15 is 0 Å². The van der Waals surface area contributed by atoms with E-state index in [1.165, 1.54) is 18.2 Å². The van der Waals surface area contributed by atoms with Gasteiger partial charge in [0.1, 0.15) is 17.3 Å². The maximum absolute atomic E-state index is 13.3. The van der Waals surface area contributed by atoms with E-state index in [2.05, 4.69) is 9.98 Å². The van der Waals surface area contributed by atoms with E-state index in [0.29, 0.717) is 29.3 Å². The van der Waals surface area contributed by atoms with Crippen LogP contribution in [0.25, 0.3) is 0 Å². The molecule has 0 saturated carbocycles. The molecule has 0 saturated heterocycles. The average molecular weight is 296 g/mol. The van der Waals surface area contributed by atoms with Gasteiger partial charge in [0.15, 0.2) is 5.88 Å². The van der Waals surface area contributed by atoms with Gasteiger partial charge in [-0.05, 0) is 13.0 Å². The molecule has 104 valence electrons. The van der Waals surface area contributed by atoms with E-state index in [-0.39, 0.29) is 16.8 Å². The number of rotatable bonds is 1. The van der Waals surface area contributed by atoms with E-state index in [0.717, 1.165) is 0 Å². The Kier molecular flexibility index (Phi) is 2.83. The van der Waals surface area contributed by atoms with Crippen molar-refractivity contribution in [1.29, 1.82) is 0 Å². The normalized spacial score (nSPS) is 14.2. The summed E-state index contributed by atoms with van der Waals surface area (Å²) in [4.78, 5) is 8.36. The molecule has 0 radical (unpaired) electrons. The average Bonchev–Trinajstić information content (AvgIpc) is 2.67. The fraction of sp³-hybridized carbons (Fsp3) is 0.154. The molecule has 0 bridgehead atoms. The van der Waals surface area contributed by atoms with Crippen molar-refractivity contribution in [3.8, 4) is 11.8 Å². The first-order valence-corrected chi connectivity index (χ1v) is 6.25. The highest BCUT2D eigenvalue weighted by molar-refractivity contribution is 6.32. The lowest BCUT2D eigenvalue weighted by molar-refractivity contribution is 0.425. The number of amidine groups is 1. The second-order valence-corrected chi connectivity index (χ2v) is 4.93. The van der Waals surface area contributed by atoms with Gasteiger partial charge in [-0.2, -0.15) is 0 Å². The van der Waals surface area contributed by atoms with Gasteiger partial charge in [0.05, 0.1) is 17.3 Å². The van der Waals surface area contributed by atoms with E-state index in [4.69, 9.17) is 11.6 Å². The predicted octanol–water partition coefficient (Wildman–Crippen LogP) is 3.29. The zero-order valence-corrected chi connectivity index (χ0v) is 11.2. The maximum Gasteiger partial charge on any atom is 0.215 e. The summed E-state index contributed by atoms with van der Waals surface area (Å²) in [6, 6.07) is 3.93. The number of aromatic amines is 1. The first kappa shape index (κ1) is 12.8. The van der Waals surface area contributed by atoms with Crippen molar-refractivity contribution in [2.24, 2.45) is 4.99 Å². The van der Waals surface area contributed by atoms with Crippen LogP contribution >= 0.6 is 11.6 Å². The Morgan fingerprint density at radius 3 is 2.75 bits per heavy atom. The first-order valence-electron chi connectivity index (χ1n) is 5.87. The SMILES string of the molecule is CC1=Nc2cc(F)cc(Cl)c2CN1c1cc(O)[nH]c1O. The molecule has 1 aromatic heterocycles. The number of halogens is 2. The third kappa shape index (κ3) is 1.98. The molecule has 7 heteroatoms. The molecule has 0 spiro atoms. The molecule has 1 aliphatic rings. The highest BCUT2D eigenvalue weighted by Gasteiger charge is 2.24. The Morgan fingerprint density at radius 2 is 2.10 bits per heavy atom. The zero-order chi connectivity index (χ0) is 14.4. The molecule has 0 atom stereocenters. The molecule has 1 aromatic carbocycles. The van der Waals surface area contributed by atoms with Crippen LogP contribution < -0.4 is 4.90 Å². The number of nitrogens with zero attached hydrogens (tertiary/aromatic N) is 2. The second-order valence-electron chi connectivity index (χ2n) is 4.52. The Balaban J connectivity index is 2.09. The Bertz CT molecular complexity index is 727. The van der Waals surface area contributed by atoms with Gasteiger partial charge in [-0.1, -0.05) is 11.6 Å². The van der Waals surface area contributed by atoms with Gasteiger partial charge in [-0.15, -0.1) is 0 Å². The van der Waals surface area contributed by atoms with E-state index in [1.54, 1.807) is 11.8 Å². The van der Waals surface area contributed by atoms with Gasteiger partial charge in [0.25, 0.3) is 0 Å². The summed E-state index contributed by atoms with van der Waals surface area (Å²) in [5, 5.41) is 19.4. The molecule has 3 rings (SSSR count). The summed E-state index contributed by atoms with van der Waals surface area (Å²) >= 11 is 6.04. The van der Waals surface area contributed by atoms with Crippen molar-refractivity contribution in [1.82, 2.24) is 4.98 Å². The number of anilines is 1. The largest absolute Gasteiger partial charge is 0.494 e. The summed E-state index contributed by atoms with van der Waals surface area (Å²) in [6.45, 7) is 2.06. The van der Waals surface area contributed by atoms with E-state index < -0.39 is 5.82 Å².